The maximum atomic E-state index is 12.3. The van der Waals surface area contributed by atoms with Gasteiger partial charge in [-0.05, 0) is 63.6 Å². The third kappa shape index (κ3) is 5.03. The molecule has 0 aliphatic rings. The highest BCUT2D eigenvalue weighted by molar-refractivity contribution is 5.95. The Morgan fingerprint density at radius 1 is 1.16 bits per heavy atom. The van der Waals surface area contributed by atoms with Gasteiger partial charge in [-0.3, -0.25) is 14.9 Å². The number of aromatic nitrogens is 1. The lowest BCUT2D eigenvalue weighted by Gasteiger charge is -2.10. The van der Waals surface area contributed by atoms with Crippen LogP contribution in [0.2, 0.25) is 0 Å². The predicted molar refractivity (Wildman–Crippen MR) is 124 cm³/mol. The van der Waals surface area contributed by atoms with E-state index in [2.05, 4.69) is 10.5 Å². The zero-order valence-corrected chi connectivity index (χ0v) is 18.6. The molecule has 0 aliphatic heterocycles. The Morgan fingerprint density at radius 3 is 2.53 bits per heavy atom. The molecule has 3 aromatic rings. The van der Waals surface area contributed by atoms with Gasteiger partial charge < -0.3 is 9.30 Å². The van der Waals surface area contributed by atoms with Gasteiger partial charge in [0.25, 0.3) is 11.6 Å². The van der Waals surface area contributed by atoms with Crippen LogP contribution in [0.4, 0.5) is 5.69 Å². The summed E-state index contributed by atoms with van der Waals surface area (Å²) in [5.41, 5.74) is 6.94. The summed E-state index contributed by atoms with van der Waals surface area (Å²) in [7, 11) is 0. The zero-order valence-electron chi connectivity index (χ0n) is 18.6. The van der Waals surface area contributed by atoms with E-state index < -0.39 is 0 Å². The fourth-order valence-corrected chi connectivity index (χ4v) is 3.40. The van der Waals surface area contributed by atoms with Gasteiger partial charge in [0, 0.05) is 34.1 Å². The fraction of sp³-hybridized carbons (Fsp3) is 0.250. The Kier molecular flexibility index (Phi) is 7.04. The molecule has 0 spiro atoms. The van der Waals surface area contributed by atoms with E-state index in [1.807, 2.05) is 37.5 Å². The molecule has 0 fully saturated rings. The lowest BCUT2D eigenvalue weighted by atomic mass is 10.2. The summed E-state index contributed by atoms with van der Waals surface area (Å²) >= 11 is 0. The van der Waals surface area contributed by atoms with Crippen molar-refractivity contribution in [3.05, 3.63) is 86.7 Å². The number of nitrogens with zero attached hydrogens (tertiary/aromatic N) is 3. The van der Waals surface area contributed by atoms with Gasteiger partial charge >= 0.3 is 0 Å². The van der Waals surface area contributed by atoms with Gasteiger partial charge in [-0.1, -0.05) is 13.0 Å². The first kappa shape index (κ1) is 22.7. The largest absolute Gasteiger partial charge is 0.494 e. The van der Waals surface area contributed by atoms with E-state index in [1.165, 1.54) is 0 Å². The molecule has 32 heavy (non-hydrogen) atoms. The highest BCUT2D eigenvalue weighted by Gasteiger charge is 2.15. The lowest BCUT2D eigenvalue weighted by Crippen LogP contribution is -2.17. The maximum Gasteiger partial charge on any atom is 0.274 e. The van der Waals surface area contributed by atoms with Crippen LogP contribution in [0.15, 0.2) is 53.6 Å². The number of hydrogen-bond donors (Lipinski definition) is 1. The molecule has 8 heteroatoms. The molecular formula is C24H26N4O4. The van der Waals surface area contributed by atoms with Gasteiger partial charge in [0.2, 0.25) is 0 Å². The quantitative estimate of drug-likeness (QED) is 0.311. The first-order valence-corrected chi connectivity index (χ1v) is 10.3. The molecule has 0 bridgehead atoms. The van der Waals surface area contributed by atoms with Crippen molar-refractivity contribution in [1.29, 1.82) is 0 Å². The molecule has 2 aromatic carbocycles. The summed E-state index contributed by atoms with van der Waals surface area (Å²) in [6.07, 6.45) is 2.48. The topological polar surface area (TPSA) is 98.8 Å². The van der Waals surface area contributed by atoms with Crippen LogP contribution >= 0.6 is 0 Å². The lowest BCUT2D eigenvalue weighted by molar-refractivity contribution is -0.385. The summed E-state index contributed by atoms with van der Waals surface area (Å²) in [5.74, 6) is 0.391. The fourth-order valence-electron chi connectivity index (χ4n) is 3.40. The number of nitro benzene ring substituents is 1. The van der Waals surface area contributed by atoms with Gasteiger partial charge in [-0.15, -0.1) is 0 Å². The summed E-state index contributed by atoms with van der Waals surface area (Å²) in [6.45, 7) is 8.18. The number of hydrazone groups is 1. The number of amides is 1. The minimum atomic E-state index is -0.382. The molecule has 0 unspecified atom stereocenters. The maximum absolute atomic E-state index is 12.3. The second-order valence-corrected chi connectivity index (χ2v) is 7.46. The second-order valence-electron chi connectivity index (χ2n) is 7.46. The summed E-state index contributed by atoms with van der Waals surface area (Å²) in [6, 6.07) is 13.9. The molecular weight excluding hydrogens is 408 g/mol. The average molecular weight is 434 g/mol. The summed E-state index contributed by atoms with van der Waals surface area (Å²) in [5, 5.41) is 15.4. The molecule has 0 saturated carbocycles. The van der Waals surface area contributed by atoms with Crippen LogP contribution in [0, 0.1) is 30.9 Å². The van der Waals surface area contributed by atoms with Crippen molar-refractivity contribution in [2.45, 2.75) is 34.1 Å². The molecule has 8 nitrogen and oxygen atoms in total. The van der Waals surface area contributed by atoms with Gasteiger partial charge in [0.1, 0.15) is 5.75 Å². The van der Waals surface area contributed by atoms with Gasteiger partial charge in [0.15, 0.2) is 0 Å². The van der Waals surface area contributed by atoms with Crippen LogP contribution < -0.4 is 10.2 Å². The highest BCUT2D eigenvalue weighted by atomic mass is 16.6. The molecule has 0 radical (unpaired) electrons. The van der Waals surface area contributed by atoms with Crippen molar-refractivity contribution < 1.29 is 14.5 Å². The second kappa shape index (κ2) is 9.91. The van der Waals surface area contributed by atoms with E-state index in [1.54, 1.807) is 49.5 Å². The van der Waals surface area contributed by atoms with Crippen LogP contribution in [-0.2, 0) is 0 Å². The van der Waals surface area contributed by atoms with Gasteiger partial charge in [0.05, 0.1) is 23.4 Å². The summed E-state index contributed by atoms with van der Waals surface area (Å²) in [4.78, 5) is 23.3. The smallest absolute Gasteiger partial charge is 0.274 e. The number of rotatable bonds is 8. The third-order valence-electron chi connectivity index (χ3n) is 5.08. The third-order valence-corrected chi connectivity index (χ3v) is 5.08. The minimum Gasteiger partial charge on any atom is -0.494 e. The first-order valence-electron chi connectivity index (χ1n) is 10.3. The molecule has 1 amide bonds. The number of benzene rings is 2. The van der Waals surface area contributed by atoms with Crippen molar-refractivity contribution >= 4 is 17.8 Å². The Morgan fingerprint density at radius 2 is 1.88 bits per heavy atom. The number of nitro groups is 1. The number of aryl methyl sites for hydroxylation is 2. The Hall–Kier alpha value is -3.94. The molecule has 0 atom stereocenters. The van der Waals surface area contributed by atoms with E-state index in [0.717, 1.165) is 29.1 Å². The van der Waals surface area contributed by atoms with Crippen LogP contribution in [0.1, 0.15) is 46.2 Å². The number of nitrogens with one attached hydrogen (secondary N) is 1. The number of carbonyl (C=O) groups excluding carboxylic acids is 1. The predicted octanol–water partition coefficient (Wildman–Crippen LogP) is 4.86. The monoisotopic (exact) mass is 434 g/mol. The van der Waals surface area contributed by atoms with Crippen molar-refractivity contribution in [1.82, 2.24) is 9.99 Å². The molecule has 166 valence electrons. The van der Waals surface area contributed by atoms with E-state index in [4.69, 9.17) is 4.74 Å². The van der Waals surface area contributed by atoms with Gasteiger partial charge in [-0.25, -0.2) is 5.43 Å². The van der Waals surface area contributed by atoms with Crippen LogP contribution in [0.25, 0.3) is 5.69 Å². The van der Waals surface area contributed by atoms with Crippen molar-refractivity contribution in [2.24, 2.45) is 5.10 Å². The highest BCUT2D eigenvalue weighted by Crippen LogP contribution is 2.25. The van der Waals surface area contributed by atoms with Crippen molar-refractivity contribution in [3.63, 3.8) is 0 Å². The Bertz CT molecular complexity index is 1160. The normalized spacial score (nSPS) is 11.0. The molecule has 1 aromatic heterocycles. The first-order chi connectivity index (χ1) is 15.3. The minimum absolute atomic E-state index is 0.0728. The number of hydrogen-bond acceptors (Lipinski definition) is 5. The van der Waals surface area contributed by atoms with Crippen molar-refractivity contribution in [2.75, 3.05) is 6.61 Å². The molecule has 1 N–H and O–H groups in total. The number of ether oxygens (including phenoxy) is 1. The molecule has 3 rings (SSSR count). The summed E-state index contributed by atoms with van der Waals surface area (Å²) < 4.78 is 7.44. The van der Waals surface area contributed by atoms with Crippen LogP contribution in [0.5, 0.6) is 5.75 Å². The van der Waals surface area contributed by atoms with Crippen molar-refractivity contribution in [3.8, 4) is 11.4 Å². The Labute approximate surface area is 186 Å². The van der Waals surface area contributed by atoms with E-state index in [-0.39, 0.29) is 16.5 Å². The van der Waals surface area contributed by atoms with Crippen LogP contribution in [-0.4, -0.2) is 28.2 Å². The number of carbonyl (C=O) groups is 1. The average Bonchev–Trinajstić information content (AvgIpc) is 3.06. The standard InChI is InChI=1S/C24H26N4O4/c1-5-12-32-22-10-7-19(8-11-22)24(29)26-25-15-20-13-17(3)27(18(20)4)21-9-6-16(2)23(14-21)28(30)31/h6-11,13-15H,5,12H2,1-4H3,(H,26,29)/b25-15+. The van der Waals surface area contributed by atoms with Gasteiger partial charge in [-0.2, -0.15) is 5.10 Å². The molecule has 0 saturated heterocycles. The SMILES string of the molecule is CCCOc1ccc(C(=O)N/N=C/c2cc(C)n(-c3ccc(C)c([N+](=O)[O-])c3)c2C)cc1. The van der Waals surface area contributed by atoms with Crippen LogP contribution in [0.3, 0.4) is 0 Å². The van der Waals surface area contributed by atoms with E-state index >= 15 is 0 Å². The van der Waals surface area contributed by atoms with E-state index in [9.17, 15) is 14.9 Å². The molecule has 1 heterocycles. The molecule has 0 aliphatic carbocycles. The Balaban J connectivity index is 1.74. The zero-order chi connectivity index (χ0) is 23.3. The van der Waals surface area contributed by atoms with E-state index in [0.29, 0.717) is 23.4 Å².